The molecule has 4 aromatic rings. The number of carbonyl (C=O) groups is 2. The lowest BCUT2D eigenvalue weighted by molar-refractivity contribution is -0.122. The molecule has 0 unspecified atom stereocenters. The number of nitrogens with one attached hydrogen (secondary N) is 3. The van der Waals surface area contributed by atoms with Gasteiger partial charge >= 0.3 is 5.69 Å². The average Bonchev–Trinajstić information content (AvgIpc) is 2.90. The second-order valence-electron chi connectivity index (χ2n) is 8.04. The summed E-state index contributed by atoms with van der Waals surface area (Å²) in [4.78, 5) is 56.8. The molecule has 0 spiro atoms. The molecule has 188 valence electrons. The number of hydrogen-bond donors (Lipinski definition) is 3. The van der Waals surface area contributed by atoms with Gasteiger partial charge in [-0.2, -0.15) is 0 Å². The molecule has 37 heavy (non-hydrogen) atoms. The highest BCUT2D eigenvalue weighted by Crippen LogP contribution is 2.31. The van der Waals surface area contributed by atoms with Crippen molar-refractivity contribution in [1.29, 1.82) is 0 Å². The van der Waals surface area contributed by atoms with E-state index in [1.54, 1.807) is 18.2 Å². The summed E-state index contributed by atoms with van der Waals surface area (Å²) in [5.41, 5.74) is -0.630. The van der Waals surface area contributed by atoms with Crippen LogP contribution < -0.4 is 26.2 Å². The minimum absolute atomic E-state index is 0.166. The highest BCUT2D eigenvalue weighted by atomic mass is 19.1. The van der Waals surface area contributed by atoms with Crippen LogP contribution in [0.3, 0.4) is 0 Å². The van der Waals surface area contributed by atoms with Crippen LogP contribution in [0.25, 0.3) is 0 Å². The number of benzene rings is 3. The van der Waals surface area contributed by atoms with E-state index >= 15 is 0 Å². The molecule has 1 aromatic heterocycles. The number of methoxy groups -OCH3 is 1. The molecule has 10 heteroatoms. The molecular formula is C27H23FN4O5. The van der Waals surface area contributed by atoms with Crippen LogP contribution in [0.2, 0.25) is 0 Å². The van der Waals surface area contributed by atoms with Crippen molar-refractivity contribution in [2.75, 3.05) is 12.0 Å². The Morgan fingerprint density at radius 3 is 2.35 bits per heavy atom. The van der Waals surface area contributed by atoms with Crippen LogP contribution in [0.4, 0.5) is 10.1 Å². The van der Waals surface area contributed by atoms with Crippen LogP contribution in [0.15, 0.2) is 94.5 Å². The fourth-order valence-corrected chi connectivity index (χ4v) is 3.80. The third kappa shape index (κ3) is 5.99. The molecule has 1 atom stereocenters. The second-order valence-corrected chi connectivity index (χ2v) is 8.04. The number of aromatic amines is 2. The lowest BCUT2D eigenvalue weighted by Crippen LogP contribution is -2.45. The number of ether oxygens (including phenoxy) is 1. The first-order valence-electron chi connectivity index (χ1n) is 11.2. The zero-order valence-corrected chi connectivity index (χ0v) is 19.7. The first-order chi connectivity index (χ1) is 17.9. The first kappa shape index (κ1) is 25.1. The summed E-state index contributed by atoms with van der Waals surface area (Å²) in [6, 6.07) is 20.3. The number of carbonyl (C=O) groups excluding carboxylic acids is 2. The maximum Gasteiger partial charge on any atom is 0.326 e. The summed E-state index contributed by atoms with van der Waals surface area (Å²) in [6.07, 6.45) is 0. The molecule has 0 radical (unpaired) electrons. The Morgan fingerprint density at radius 2 is 1.68 bits per heavy atom. The van der Waals surface area contributed by atoms with E-state index in [-0.39, 0.29) is 17.9 Å². The van der Waals surface area contributed by atoms with Gasteiger partial charge in [-0.05, 0) is 35.4 Å². The molecule has 3 aromatic carbocycles. The van der Waals surface area contributed by atoms with E-state index in [9.17, 15) is 23.6 Å². The summed E-state index contributed by atoms with van der Waals surface area (Å²) in [7, 11) is 1.45. The predicted molar refractivity (Wildman–Crippen MR) is 135 cm³/mol. The monoisotopic (exact) mass is 502 g/mol. The number of rotatable bonds is 8. The Hall–Kier alpha value is -4.99. The molecule has 0 aliphatic heterocycles. The largest absolute Gasteiger partial charge is 0.497 e. The van der Waals surface area contributed by atoms with E-state index in [0.29, 0.717) is 11.3 Å². The normalized spacial score (nSPS) is 11.4. The van der Waals surface area contributed by atoms with Gasteiger partial charge in [0.25, 0.3) is 11.5 Å². The van der Waals surface area contributed by atoms with E-state index in [1.165, 1.54) is 37.4 Å². The lowest BCUT2D eigenvalue weighted by atomic mass is 10.0. The van der Waals surface area contributed by atoms with E-state index in [2.05, 4.69) is 10.3 Å². The molecule has 9 nitrogen and oxygen atoms in total. The summed E-state index contributed by atoms with van der Waals surface area (Å²) >= 11 is 0. The fourth-order valence-electron chi connectivity index (χ4n) is 3.80. The number of amides is 2. The van der Waals surface area contributed by atoms with Crippen molar-refractivity contribution in [3.63, 3.8) is 0 Å². The zero-order valence-electron chi connectivity index (χ0n) is 19.7. The maximum atomic E-state index is 13.8. The van der Waals surface area contributed by atoms with Crippen molar-refractivity contribution in [2.45, 2.75) is 12.6 Å². The van der Waals surface area contributed by atoms with Gasteiger partial charge in [0.15, 0.2) is 0 Å². The van der Waals surface area contributed by atoms with E-state index in [1.807, 2.05) is 35.3 Å². The number of hydrogen-bond acceptors (Lipinski definition) is 5. The fraction of sp³-hybridized carbons (Fsp3) is 0.111. The van der Waals surface area contributed by atoms with Gasteiger partial charge < -0.3 is 15.0 Å². The van der Waals surface area contributed by atoms with Crippen molar-refractivity contribution in [3.8, 4) is 5.75 Å². The summed E-state index contributed by atoms with van der Waals surface area (Å²) < 4.78 is 19.1. The summed E-state index contributed by atoms with van der Waals surface area (Å²) in [6.45, 7) is 0.166. The van der Waals surface area contributed by atoms with Crippen molar-refractivity contribution in [2.24, 2.45) is 0 Å². The maximum absolute atomic E-state index is 13.8. The first-order valence-corrected chi connectivity index (χ1v) is 11.2. The number of aromatic nitrogens is 2. The zero-order chi connectivity index (χ0) is 26.4. The van der Waals surface area contributed by atoms with Gasteiger partial charge in [0, 0.05) is 24.4 Å². The van der Waals surface area contributed by atoms with E-state index < -0.39 is 34.9 Å². The second kappa shape index (κ2) is 11.2. The molecule has 0 fully saturated rings. The number of halogens is 1. The predicted octanol–water partition coefficient (Wildman–Crippen LogP) is 2.92. The standard InChI is InChI=1S/C27H23FN4O5/c1-37-21-9-5-8-20(14-21)32(26(35)22-15-23(33)31-27(36)30-22)24(18-10-12-19(28)13-11-18)25(34)29-16-17-6-3-2-4-7-17/h2-15,24H,16H2,1H3,(H,29,34)(H2,30,31,33,36)/t24-/m1/s1. The summed E-state index contributed by atoms with van der Waals surface area (Å²) in [5, 5.41) is 2.82. The minimum Gasteiger partial charge on any atom is -0.497 e. The van der Waals surface area contributed by atoms with Gasteiger partial charge in [0.1, 0.15) is 23.3 Å². The van der Waals surface area contributed by atoms with Gasteiger partial charge in [0.2, 0.25) is 5.91 Å². The molecule has 0 aliphatic carbocycles. The van der Waals surface area contributed by atoms with Crippen molar-refractivity contribution in [3.05, 3.63) is 128 Å². The third-order valence-electron chi connectivity index (χ3n) is 5.54. The Bertz CT molecular complexity index is 1490. The highest BCUT2D eigenvalue weighted by Gasteiger charge is 2.34. The average molecular weight is 503 g/mol. The van der Waals surface area contributed by atoms with Crippen LogP contribution >= 0.6 is 0 Å². The third-order valence-corrected chi connectivity index (χ3v) is 5.54. The molecule has 4 rings (SSSR count). The topological polar surface area (TPSA) is 124 Å². The highest BCUT2D eigenvalue weighted by molar-refractivity contribution is 6.09. The van der Waals surface area contributed by atoms with Crippen molar-refractivity contribution < 1.29 is 18.7 Å². The van der Waals surface area contributed by atoms with Crippen LogP contribution in [0.1, 0.15) is 27.7 Å². The van der Waals surface area contributed by atoms with Crippen molar-refractivity contribution in [1.82, 2.24) is 15.3 Å². The molecule has 3 N–H and O–H groups in total. The number of H-pyrrole nitrogens is 2. The van der Waals surface area contributed by atoms with Gasteiger partial charge in [0.05, 0.1) is 7.11 Å². The molecule has 0 saturated heterocycles. The van der Waals surface area contributed by atoms with Gasteiger partial charge in [-0.1, -0.05) is 48.5 Å². The van der Waals surface area contributed by atoms with Crippen LogP contribution in [-0.2, 0) is 11.3 Å². The van der Waals surface area contributed by atoms with Gasteiger partial charge in [-0.3, -0.25) is 24.3 Å². The SMILES string of the molecule is COc1cccc(N(C(=O)c2cc(=O)[nH]c(=O)[nH]2)[C@@H](C(=O)NCc2ccccc2)c2ccc(F)cc2)c1. The van der Waals surface area contributed by atoms with Crippen LogP contribution in [0, 0.1) is 5.82 Å². The molecular weight excluding hydrogens is 479 g/mol. The molecule has 0 bridgehead atoms. The Labute approximate surface area is 210 Å². The minimum atomic E-state index is -1.30. The summed E-state index contributed by atoms with van der Waals surface area (Å²) in [5.74, 6) is -1.53. The number of anilines is 1. The Balaban J connectivity index is 1.85. The Kier molecular flexibility index (Phi) is 7.58. The number of nitrogens with zero attached hydrogens (tertiary/aromatic N) is 1. The molecule has 0 aliphatic rings. The Morgan fingerprint density at radius 1 is 0.946 bits per heavy atom. The lowest BCUT2D eigenvalue weighted by Gasteiger charge is -2.31. The van der Waals surface area contributed by atoms with Gasteiger partial charge in [-0.15, -0.1) is 0 Å². The quantitative estimate of drug-likeness (QED) is 0.342. The smallest absolute Gasteiger partial charge is 0.326 e. The van der Waals surface area contributed by atoms with Crippen LogP contribution in [0.5, 0.6) is 5.75 Å². The van der Waals surface area contributed by atoms with E-state index in [4.69, 9.17) is 4.74 Å². The van der Waals surface area contributed by atoms with Crippen LogP contribution in [-0.4, -0.2) is 28.9 Å². The molecule has 0 saturated carbocycles. The van der Waals surface area contributed by atoms with Crippen molar-refractivity contribution >= 4 is 17.5 Å². The van der Waals surface area contributed by atoms with Gasteiger partial charge in [-0.25, -0.2) is 9.18 Å². The van der Waals surface area contributed by atoms with E-state index in [0.717, 1.165) is 16.5 Å². The molecule has 1 heterocycles. The molecule has 2 amide bonds.